The lowest BCUT2D eigenvalue weighted by Gasteiger charge is -2.17. The summed E-state index contributed by atoms with van der Waals surface area (Å²) in [6.07, 6.45) is -2.79. The maximum absolute atomic E-state index is 13.5. The third-order valence-corrected chi connectivity index (χ3v) is 4.93. The summed E-state index contributed by atoms with van der Waals surface area (Å²) in [7, 11) is 1.41. The second kappa shape index (κ2) is 8.61. The predicted molar refractivity (Wildman–Crippen MR) is 113 cm³/mol. The van der Waals surface area contributed by atoms with E-state index < -0.39 is 23.9 Å². The maximum Gasteiger partial charge on any atom is 0.417 e. The number of halogens is 5. The summed E-state index contributed by atoms with van der Waals surface area (Å²) < 4.78 is 75.4. The van der Waals surface area contributed by atoms with Crippen LogP contribution in [0.1, 0.15) is 5.56 Å². The van der Waals surface area contributed by atoms with Crippen LogP contribution in [0.5, 0.6) is 11.6 Å². The van der Waals surface area contributed by atoms with Gasteiger partial charge in [-0.2, -0.15) is 22.0 Å². The van der Waals surface area contributed by atoms with Crippen LogP contribution < -0.4 is 20.8 Å². The summed E-state index contributed by atoms with van der Waals surface area (Å²) in [5.41, 5.74) is 4.21. The van der Waals surface area contributed by atoms with E-state index in [9.17, 15) is 26.7 Å². The van der Waals surface area contributed by atoms with Crippen molar-refractivity contribution in [3.63, 3.8) is 0 Å². The van der Waals surface area contributed by atoms with Crippen molar-refractivity contribution in [1.29, 1.82) is 0 Å². The standard InChI is InChI=1S/C22H15F5N4O3/c1-33-16-7-2-11(9-29-16)17-18(28)19-15(8-12(10-30-19)22(25,26)27)31(20(17)32)13-3-5-14(6-4-13)34-21(23)24/h2-10,21H,28H2,1H3. The Balaban J connectivity index is 2.03. The molecule has 0 aliphatic rings. The molecule has 0 amide bonds. The van der Waals surface area contributed by atoms with E-state index in [0.717, 1.165) is 22.8 Å². The van der Waals surface area contributed by atoms with Gasteiger partial charge in [-0.1, -0.05) is 0 Å². The molecule has 0 saturated heterocycles. The van der Waals surface area contributed by atoms with Gasteiger partial charge in [-0.3, -0.25) is 14.3 Å². The Hall–Kier alpha value is -4.22. The Bertz CT molecular complexity index is 1400. The van der Waals surface area contributed by atoms with Crippen LogP contribution in [0.3, 0.4) is 0 Å². The second-order valence-corrected chi connectivity index (χ2v) is 6.98. The molecule has 3 aromatic heterocycles. The highest BCUT2D eigenvalue weighted by Gasteiger charge is 2.32. The molecule has 0 spiro atoms. The Morgan fingerprint density at radius 1 is 1.03 bits per heavy atom. The average Bonchev–Trinajstić information content (AvgIpc) is 2.79. The molecule has 0 fully saturated rings. The van der Waals surface area contributed by atoms with Crippen LogP contribution in [0.15, 0.2) is 59.7 Å². The van der Waals surface area contributed by atoms with Gasteiger partial charge in [0.1, 0.15) is 11.3 Å². The maximum atomic E-state index is 13.5. The van der Waals surface area contributed by atoms with Gasteiger partial charge in [-0.05, 0) is 36.4 Å². The quantitative estimate of drug-likeness (QED) is 0.420. The van der Waals surface area contributed by atoms with Gasteiger partial charge in [0.25, 0.3) is 5.56 Å². The lowest BCUT2D eigenvalue weighted by Crippen LogP contribution is -2.23. The molecule has 0 aliphatic carbocycles. The number of nitrogens with two attached hydrogens (primary N) is 1. The molecule has 2 N–H and O–H groups in total. The normalized spacial score (nSPS) is 11.7. The molecule has 0 bridgehead atoms. The SMILES string of the molecule is COc1ccc(-c2c(N)c3ncc(C(F)(F)F)cc3n(-c3ccc(OC(F)F)cc3)c2=O)cn1. The lowest BCUT2D eigenvalue weighted by atomic mass is 10.0. The second-order valence-electron chi connectivity index (χ2n) is 6.98. The Morgan fingerprint density at radius 2 is 1.74 bits per heavy atom. The number of rotatable bonds is 5. The van der Waals surface area contributed by atoms with Crippen LogP contribution in [-0.2, 0) is 6.18 Å². The number of fused-ring (bicyclic) bond motifs is 1. The first-order valence-corrected chi connectivity index (χ1v) is 9.57. The number of alkyl halides is 5. The molecule has 0 saturated carbocycles. The number of nitrogen functional groups attached to an aromatic ring is 1. The van der Waals surface area contributed by atoms with Gasteiger partial charge in [0.05, 0.1) is 29.4 Å². The minimum absolute atomic E-state index is 0.0529. The predicted octanol–water partition coefficient (Wildman–Crippen LogP) is 4.66. The number of pyridine rings is 3. The number of nitrogens with zero attached hydrogens (tertiary/aromatic N) is 3. The third kappa shape index (κ3) is 4.21. The largest absolute Gasteiger partial charge is 0.481 e. The summed E-state index contributed by atoms with van der Waals surface area (Å²) in [5, 5.41) is 0. The molecule has 0 unspecified atom stereocenters. The van der Waals surface area contributed by atoms with Gasteiger partial charge in [0.2, 0.25) is 5.88 Å². The van der Waals surface area contributed by atoms with Crippen molar-refractivity contribution < 1.29 is 31.4 Å². The molecule has 4 rings (SSSR count). The Morgan fingerprint density at radius 3 is 2.29 bits per heavy atom. The van der Waals surface area contributed by atoms with E-state index in [-0.39, 0.29) is 45.2 Å². The van der Waals surface area contributed by atoms with E-state index in [2.05, 4.69) is 14.7 Å². The van der Waals surface area contributed by atoms with Crippen LogP contribution >= 0.6 is 0 Å². The Kier molecular flexibility index (Phi) is 5.82. The number of methoxy groups -OCH3 is 1. The number of hydrogen-bond acceptors (Lipinski definition) is 6. The molecule has 3 heterocycles. The average molecular weight is 478 g/mol. The molecule has 176 valence electrons. The van der Waals surface area contributed by atoms with Crippen molar-refractivity contribution in [3.05, 3.63) is 70.8 Å². The summed E-state index contributed by atoms with van der Waals surface area (Å²) >= 11 is 0. The first-order chi connectivity index (χ1) is 16.1. The minimum Gasteiger partial charge on any atom is -0.481 e. The molecular formula is C22H15F5N4O3. The smallest absolute Gasteiger partial charge is 0.417 e. The number of benzene rings is 1. The number of hydrogen-bond donors (Lipinski definition) is 1. The van der Waals surface area contributed by atoms with E-state index in [1.807, 2.05) is 0 Å². The zero-order valence-electron chi connectivity index (χ0n) is 17.3. The van der Waals surface area contributed by atoms with Crippen molar-refractivity contribution in [2.45, 2.75) is 12.8 Å². The molecule has 7 nitrogen and oxygen atoms in total. The van der Waals surface area contributed by atoms with Gasteiger partial charge in [-0.25, -0.2) is 4.98 Å². The summed E-state index contributed by atoms with van der Waals surface area (Å²) in [6, 6.07) is 8.57. The van der Waals surface area contributed by atoms with Gasteiger partial charge in [0.15, 0.2) is 0 Å². The highest BCUT2D eigenvalue weighted by Crippen LogP contribution is 2.35. The van der Waals surface area contributed by atoms with E-state index in [0.29, 0.717) is 6.20 Å². The molecule has 0 aliphatic heterocycles. The van der Waals surface area contributed by atoms with E-state index >= 15 is 0 Å². The first kappa shape index (κ1) is 23.0. The van der Waals surface area contributed by atoms with Gasteiger partial charge in [0, 0.05) is 29.7 Å². The van der Waals surface area contributed by atoms with Gasteiger partial charge >= 0.3 is 12.8 Å². The van der Waals surface area contributed by atoms with E-state index in [1.54, 1.807) is 0 Å². The summed E-state index contributed by atoms with van der Waals surface area (Å²) in [4.78, 5) is 21.5. The molecule has 4 aromatic rings. The zero-order chi connectivity index (χ0) is 24.6. The molecule has 0 radical (unpaired) electrons. The van der Waals surface area contributed by atoms with Crippen molar-refractivity contribution in [1.82, 2.24) is 14.5 Å². The third-order valence-electron chi connectivity index (χ3n) is 4.93. The Labute approximate surface area is 188 Å². The van der Waals surface area contributed by atoms with Crippen molar-refractivity contribution >= 4 is 16.7 Å². The number of anilines is 1. The van der Waals surface area contributed by atoms with Crippen LogP contribution in [0.4, 0.5) is 27.6 Å². The van der Waals surface area contributed by atoms with Crippen LogP contribution in [0.2, 0.25) is 0 Å². The fourth-order valence-electron chi connectivity index (χ4n) is 3.40. The van der Waals surface area contributed by atoms with Gasteiger partial charge < -0.3 is 15.2 Å². The molecule has 12 heteroatoms. The van der Waals surface area contributed by atoms with Crippen molar-refractivity contribution in [2.75, 3.05) is 12.8 Å². The summed E-state index contributed by atoms with van der Waals surface area (Å²) in [6.45, 7) is -3.07. The van der Waals surface area contributed by atoms with Crippen LogP contribution in [0, 0.1) is 0 Å². The monoisotopic (exact) mass is 478 g/mol. The lowest BCUT2D eigenvalue weighted by molar-refractivity contribution is -0.137. The fraction of sp³-hybridized carbons (Fsp3) is 0.136. The van der Waals surface area contributed by atoms with Crippen molar-refractivity contribution in [2.24, 2.45) is 0 Å². The van der Waals surface area contributed by atoms with Crippen molar-refractivity contribution in [3.8, 4) is 28.4 Å². The van der Waals surface area contributed by atoms with E-state index in [4.69, 9.17) is 10.5 Å². The van der Waals surface area contributed by atoms with Crippen LogP contribution in [0.25, 0.3) is 27.8 Å². The molecular weight excluding hydrogens is 463 g/mol. The van der Waals surface area contributed by atoms with Crippen LogP contribution in [-0.4, -0.2) is 28.3 Å². The number of ether oxygens (including phenoxy) is 2. The zero-order valence-corrected chi connectivity index (χ0v) is 17.3. The molecule has 34 heavy (non-hydrogen) atoms. The number of aromatic nitrogens is 3. The first-order valence-electron chi connectivity index (χ1n) is 9.57. The minimum atomic E-state index is -4.73. The molecule has 0 atom stereocenters. The van der Waals surface area contributed by atoms with E-state index in [1.165, 1.54) is 37.6 Å². The topological polar surface area (TPSA) is 92.3 Å². The highest BCUT2D eigenvalue weighted by molar-refractivity contribution is 5.96. The highest BCUT2D eigenvalue weighted by atomic mass is 19.4. The molecule has 1 aromatic carbocycles. The van der Waals surface area contributed by atoms with Gasteiger partial charge in [-0.15, -0.1) is 0 Å². The summed E-state index contributed by atoms with van der Waals surface area (Å²) in [5.74, 6) is 0.0752. The fourth-order valence-corrected chi connectivity index (χ4v) is 3.40.